The molecule has 1 aliphatic rings. The molecule has 0 unspecified atom stereocenters. The third kappa shape index (κ3) is 2.86. The van der Waals surface area contributed by atoms with E-state index in [1.54, 1.807) is 23.1 Å². The van der Waals surface area contributed by atoms with E-state index >= 15 is 0 Å². The molecule has 1 aliphatic carbocycles. The van der Waals surface area contributed by atoms with Crippen LogP contribution < -0.4 is 11.1 Å². The lowest BCUT2D eigenvalue weighted by molar-refractivity contribution is 0.0969. The number of fused-ring (bicyclic) bond motifs is 1. The molecule has 4 N–H and O–H groups in total. The van der Waals surface area contributed by atoms with E-state index in [-0.39, 0.29) is 24.6 Å². The second-order valence-corrected chi connectivity index (χ2v) is 5.14. The lowest BCUT2D eigenvalue weighted by Gasteiger charge is -2.21. The van der Waals surface area contributed by atoms with E-state index in [0.29, 0.717) is 23.3 Å². The molecule has 0 aliphatic heterocycles. The molecule has 0 spiro atoms. The highest BCUT2D eigenvalue weighted by atomic mass is 16.4. The maximum Gasteiger partial charge on any atom is 0.322 e. The zero-order valence-electron chi connectivity index (χ0n) is 11.8. The van der Waals surface area contributed by atoms with Crippen molar-refractivity contribution in [2.75, 3.05) is 18.5 Å². The average molecular weight is 304 g/mol. The van der Waals surface area contributed by atoms with Gasteiger partial charge in [0.15, 0.2) is 5.58 Å². The summed E-state index contributed by atoms with van der Waals surface area (Å²) in [5.41, 5.74) is 6.50. The minimum Gasteiger partial charge on any atom is -0.432 e. The Balaban J connectivity index is 1.78. The van der Waals surface area contributed by atoms with Gasteiger partial charge in [-0.05, 0) is 31.0 Å². The minimum absolute atomic E-state index is 0.0752. The van der Waals surface area contributed by atoms with E-state index in [1.165, 1.54) is 0 Å². The molecule has 2 aromatic rings. The van der Waals surface area contributed by atoms with Crippen LogP contribution in [0.5, 0.6) is 0 Å². The number of rotatable bonds is 5. The highest BCUT2D eigenvalue weighted by Gasteiger charge is 2.32. The van der Waals surface area contributed by atoms with Crippen molar-refractivity contribution in [3.05, 3.63) is 24.1 Å². The fourth-order valence-electron chi connectivity index (χ4n) is 2.25. The van der Waals surface area contributed by atoms with Gasteiger partial charge in [0.05, 0.1) is 6.61 Å². The largest absolute Gasteiger partial charge is 0.432 e. The van der Waals surface area contributed by atoms with Crippen LogP contribution in [0.1, 0.15) is 23.5 Å². The number of benzene rings is 1. The number of hydrogen-bond acceptors (Lipinski definition) is 5. The van der Waals surface area contributed by atoms with E-state index in [0.717, 1.165) is 12.8 Å². The second kappa shape index (κ2) is 5.64. The zero-order valence-corrected chi connectivity index (χ0v) is 11.8. The molecule has 3 amide bonds. The van der Waals surface area contributed by atoms with Crippen LogP contribution in [0.15, 0.2) is 22.6 Å². The number of nitrogens with one attached hydrogen (secondary N) is 1. The molecule has 1 saturated carbocycles. The first kappa shape index (κ1) is 14.3. The van der Waals surface area contributed by atoms with Crippen LogP contribution in [0, 0.1) is 0 Å². The number of urea groups is 1. The average Bonchev–Trinajstić information content (AvgIpc) is 3.22. The monoisotopic (exact) mass is 304 g/mol. The molecule has 0 radical (unpaired) electrons. The van der Waals surface area contributed by atoms with Crippen molar-refractivity contribution in [2.45, 2.75) is 18.9 Å². The topological polar surface area (TPSA) is 122 Å². The van der Waals surface area contributed by atoms with E-state index in [1.807, 2.05) is 0 Å². The minimum atomic E-state index is -0.746. The Hall–Kier alpha value is -2.61. The number of hydrogen-bond donors (Lipinski definition) is 3. The van der Waals surface area contributed by atoms with Gasteiger partial charge >= 0.3 is 11.9 Å². The van der Waals surface area contributed by atoms with Crippen LogP contribution >= 0.6 is 0 Å². The van der Waals surface area contributed by atoms with Crippen LogP contribution in [-0.2, 0) is 0 Å². The lowest BCUT2D eigenvalue weighted by Crippen LogP contribution is -2.38. The number of aromatic nitrogens is 1. The van der Waals surface area contributed by atoms with Gasteiger partial charge in [-0.25, -0.2) is 9.78 Å². The summed E-state index contributed by atoms with van der Waals surface area (Å²) in [4.78, 5) is 28.8. The number of amides is 3. The number of aliphatic hydroxyl groups excluding tert-OH is 1. The number of aliphatic hydroxyl groups is 1. The summed E-state index contributed by atoms with van der Waals surface area (Å²) in [7, 11) is 0. The Bertz CT molecular complexity index is 723. The van der Waals surface area contributed by atoms with Gasteiger partial charge in [0.1, 0.15) is 5.52 Å². The van der Waals surface area contributed by atoms with Crippen molar-refractivity contribution in [2.24, 2.45) is 5.73 Å². The van der Waals surface area contributed by atoms with E-state index in [4.69, 9.17) is 15.3 Å². The molecular weight excluding hydrogens is 288 g/mol. The summed E-state index contributed by atoms with van der Waals surface area (Å²) in [6.07, 6.45) is 1.91. The molecule has 1 aromatic heterocycles. The fraction of sp³-hybridized carbons (Fsp3) is 0.357. The van der Waals surface area contributed by atoms with E-state index in [9.17, 15) is 9.59 Å². The lowest BCUT2D eigenvalue weighted by atomic mass is 10.3. The van der Waals surface area contributed by atoms with Crippen molar-refractivity contribution >= 4 is 28.7 Å². The van der Waals surface area contributed by atoms with Gasteiger partial charge in [0.2, 0.25) is 0 Å². The predicted molar refractivity (Wildman–Crippen MR) is 78.4 cm³/mol. The predicted octanol–water partition coefficient (Wildman–Crippen LogP) is 0.915. The maximum atomic E-state index is 12.2. The molecule has 0 atom stereocenters. The normalized spacial score (nSPS) is 14.0. The smallest absolute Gasteiger partial charge is 0.322 e. The number of primary amides is 1. The zero-order chi connectivity index (χ0) is 15.7. The summed E-state index contributed by atoms with van der Waals surface area (Å²) in [6.45, 7) is 0.225. The van der Waals surface area contributed by atoms with Gasteiger partial charge < -0.3 is 25.5 Å². The second-order valence-electron chi connectivity index (χ2n) is 5.14. The summed E-state index contributed by atoms with van der Waals surface area (Å²) >= 11 is 0. The van der Waals surface area contributed by atoms with Crippen LogP contribution in [0.3, 0.4) is 0 Å². The van der Waals surface area contributed by atoms with Gasteiger partial charge in [-0.1, -0.05) is 0 Å². The van der Waals surface area contributed by atoms with Crippen molar-refractivity contribution in [1.82, 2.24) is 9.88 Å². The molecule has 0 saturated heterocycles. The number of anilines is 1. The number of carbonyl (C=O) groups is 2. The summed E-state index contributed by atoms with van der Waals surface area (Å²) < 4.78 is 5.18. The Kier molecular flexibility index (Phi) is 3.68. The van der Waals surface area contributed by atoms with Crippen molar-refractivity contribution in [3.8, 4) is 0 Å². The number of nitrogens with two attached hydrogens (primary N) is 1. The molecular formula is C14H16N4O4. The van der Waals surface area contributed by atoms with Gasteiger partial charge in [0, 0.05) is 18.3 Å². The summed E-state index contributed by atoms with van der Waals surface area (Å²) in [5.74, 6) is -0.914. The molecule has 1 heterocycles. The highest BCUT2D eigenvalue weighted by Crippen LogP contribution is 2.27. The van der Waals surface area contributed by atoms with E-state index in [2.05, 4.69) is 10.3 Å². The van der Waals surface area contributed by atoms with Crippen LogP contribution in [-0.4, -0.2) is 46.1 Å². The number of oxazole rings is 1. The first-order valence-corrected chi connectivity index (χ1v) is 6.97. The maximum absolute atomic E-state index is 12.2. The standard InChI is InChI=1S/C14H16N4O4/c15-12(20)13-17-10-7-8(1-4-11(10)22-13)16-14(21)18(5-6-19)9-2-3-9/h1,4,7,9,19H,2-3,5-6H2,(H2,15,20)(H,16,21). The van der Waals surface area contributed by atoms with Gasteiger partial charge in [-0.15, -0.1) is 0 Å². The summed E-state index contributed by atoms with van der Waals surface area (Å²) in [6, 6.07) is 4.80. The highest BCUT2D eigenvalue weighted by molar-refractivity contribution is 5.94. The molecule has 0 bridgehead atoms. The van der Waals surface area contributed by atoms with Crippen LogP contribution in [0.4, 0.5) is 10.5 Å². The molecule has 1 fully saturated rings. The molecule has 3 rings (SSSR count). The van der Waals surface area contributed by atoms with Gasteiger partial charge in [-0.3, -0.25) is 4.79 Å². The Morgan fingerprint density at radius 3 is 2.86 bits per heavy atom. The van der Waals surface area contributed by atoms with E-state index < -0.39 is 5.91 Å². The molecule has 1 aromatic carbocycles. The van der Waals surface area contributed by atoms with Gasteiger partial charge in [-0.2, -0.15) is 0 Å². The third-order valence-corrected chi connectivity index (χ3v) is 3.44. The SMILES string of the molecule is NC(=O)c1nc2cc(NC(=O)N(CCO)C3CC3)ccc2o1. The van der Waals surface area contributed by atoms with Crippen LogP contribution in [0.25, 0.3) is 11.1 Å². The van der Waals surface area contributed by atoms with Crippen molar-refractivity contribution < 1.29 is 19.1 Å². The van der Waals surface area contributed by atoms with Crippen molar-refractivity contribution in [3.63, 3.8) is 0 Å². The Morgan fingerprint density at radius 2 is 2.23 bits per heavy atom. The first-order valence-electron chi connectivity index (χ1n) is 6.97. The van der Waals surface area contributed by atoms with Crippen molar-refractivity contribution in [1.29, 1.82) is 0 Å². The number of carbonyl (C=O) groups excluding carboxylic acids is 2. The quantitative estimate of drug-likeness (QED) is 0.758. The third-order valence-electron chi connectivity index (χ3n) is 3.44. The molecule has 8 nitrogen and oxygen atoms in total. The Labute approximate surface area is 125 Å². The molecule has 8 heteroatoms. The fourth-order valence-corrected chi connectivity index (χ4v) is 2.25. The van der Waals surface area contributed by atoms with Gasteiger partial charge in [0.25, 0.3) is 5.89 Å². The Morgan fingerprint density at radius 1 is 1.45 bits per heavy atom. The van der Waals surface area contributed by atoms with Crippen LogP contribution in [0.2, 0.25) is 0 Å². The number of nitrogens with zero attached hydrogens (tertiary/aromatic N) is 2. The molecule has 22 heavy (non-hydrogen) atoms. The summed E-state index contributed by atoms with van der Waals surface area (Å²) in [5, 5.41) is 11.8. The first-order chi connectivity index (χ1) is 10.6. The molecule has 116 valence electrons.